The molecule has 0 aliphatic carbocycles. The van der Waals surface area contributed by atoms with Crippen LogP contribution in [0.25, 0.3) is 0 Å². The molecule has 0 fully saturated rings. The van der Waals surface area contributed by atoms with E-state index in [1.54, 1.807) is 43.5 Å². The van der Waals surface area contributed by atoms with Crippen molar-refractivity contribution in [3.05, 3.63) is 59.7 Å². The van der Waals surface area contributed by atoms with E-state index < -0.39 is 0 Å². The van der Waals surface area contributed by atoms with Crippen molar-refractivity contribution in [2.45, 2.75) is 13.3 Å². The van der Waals surface area contributed by atoms with Crippen LogP contribution in [0, 0.1) is 0 Å². The molecule has 2 rings (SSSR count). The number of hydrogen-bond donors (Lipinski definition) is 3. The molecule has 27 heavy (non-hydrogen) atoms. The van der Waals surface area contributed by atoms with Crippen LogP contribution in [-0.2, 0) is 16.0 Å². The third-order valence-electron chi connectivity index (χ3n) is 3.72. The molecule has 142 valence electrons. The van der Waals surface area contributed by atoms with Crippen molar-refractivity contribution in [2.24, 2.45) is 0 Å². The summed E-state index contributed by atoms with van der Waals surface area (Å²) in [6, 6.07) is 13.9. The van der Waals surface area contributed by atoms with E-state index in [2.05, 4.69) is 16.0 Å². The summed E-state index contributed by atoms with van der Waals surface area (Å²) in [6.45, 7) is 2.08. The predicted molar refractivity (Wildman–Crippen MR) is 103 cm³/mol. The number of nitrogens with one attached hydrogen (secondary N) is 3. The number of amides is 3. The first-order chi connectivity index (χ1) is 13.0. The average molecular weight is 369 g/mol. The molecule has 2 aromatic carbocycles. The summed E-state index contributed by atoms with van der Waals surface area (Å²) in [5.74, 6) is 0.215. The first-order valence-corrected chi connectivity index (χ1v) is 8.53. The maximum atomic E-state index is 12.1. The molecular formula is C20H23N3O4. The normalized spacial score (nSPS) is 10.0. The highest BCUT2D eigenvalue weighted by atomic mass is 16.5. The van der Waals surface area contributed by atoms with Gasteiger partial charge < -0.3 is 20.7 Å². The fourth-order valence-corrected chi connectivity index (χ4v) is 2.38. The van der Waals surface area contributed by atoms with Gasteiger partial charge in [-0.05, 0) is 42.0 Å². The van der Waals surface area contributed by atoms with Gasteiger partial charge in [-0.3, -0.25) is 14.4 Å². The first kappa shape index (κ1) is 20.0. The molecule has 0 aromatic heterocycles. The van der Waals surface area contributed by atoms with E-state index >= 15 is 0 Å². The van der Waals surface area contributed by atoms with Crippen molar-refractivity contribution >= 4 is 23.4 Å². The van der Waals surface area contributed by atoms with Gasteiger partial charge in [-0.25, -0.2) is 0 Å². The number of rotatable bonds is 8. The van der Waals surface area contributed by atoms with Crippen LogP contribution >= 0.6 is 0 Å². The fraction of sp³-hybridized carbons (Fsp3) is 0.250. The fourth-order valence-electron chi connectivity index (χ4n) is 2.38. The van der Waals surface area contributed by atoms with Crippen LogP contribution in [0.4, 0.5) is 5.69 Å². The molecule has 7 nitrogen and oxygen atoms in total. The Bertz CT molecular complexity index is 786. The van der Waals surface area contributed by atoms with Crippen molar-refractivity contribution in [1.29, 1.82) is 0 Å². The molecule has 2 aromatic rings. The molecule has 0 saturated heterocycles. The highest BCUT2D eigenvalue weighted by Gasteiger charge is 2.06. The second-order valence-corrected chi connectivity index (χ2v) is 5.89. The maximum absolute atomic E-state index is 12.1. The third kappa shape index (κ3) is 6.81. The van der Waals surface area contributed by atoms with Gasteiger partial charge in [0.25, 0.3) is 5.91 Å². The molecule has 0 saturated carbocycles. The van der Waals surface area contributed by atoms with Gasteiger partial charge in [-0.15, -0.1) is 0 Å². The van der Waals surface area contributed by atoms with Crippen molar-refractivity contribution in [2.75, 3.05) is 25.5 Å². The highest BCUT2D eigenvalue weighted by molar-refractivity contribution is 5.95. The van der Waals surface area contributed by atoms with Gasteiger partial charge in [-0.1, -0.05) is 12.1 Å². The lowest BCUT2D eigenvalue weighted by Gasteiger charge is -2.08. The number of ether oxygens (including phenoxy) is 1. The molecule has 3 N–H and O–H groups in total. The quantitative estimate of drug-likeness (QED) is 0.618. The lowest BCUT2D eigenvalue weighted by Crippen LogP contribution is -2.35. The SMILES string of the molecule is COc1ccc(CC(=O)NCCNC(=O)c2ccc(NC(C)=O)cc2)cc1. The zero-order valence-electron chi connectivity index (χ0n) is 15.4. The smallest absolute Gasteiger partial charge is 0.251 e. The zero-order chi connectivity index (χ0) is 19.6. The Kier molecular flexibility index (Phi) is 7.37. The Morgan fingerprint density at radius 3 is 2.11 bits per heavy atom. The topological polar surface area (TPSA) is 96.5 Å². The van der Waals surface area contributed by atoms with Crippen molar-refractivity contribution in [3.63, 3.8) is 0 Å². The van der Waals surface area contributed by atoms with Crippen molar-refractivity contribution in [3.8, 4) is 5.75 Å². The van der Waals surface area contributed by atoms with Crippen LogP contribution in [0.3, 0.4) is 0 Å². The minimum atomic E-state index is -0.242. The Balaban J connectivity index is 1.69. The Morgan fingerprint density at radius 2 is 1.52 bits per heavy atom. The minimum Gasteiger partial charge on any atom is -0.497 e. The Morgan fingerprint density at radius 1 is 0.889 bits per heavy atom. The van der Waals surface area contributed by atoms with Crippen molar-refractivity contribution in [1.82, 2.24) is 10.6 Å². The zero-order valence-corrected chi connectivity index (χ0v) is 15.4. The van der Waals surface area contributed by atoms with Gasteiger partial charge in [0.1, 0.15) is 5.75 Å². The summed E-state index contributed by atoms with van der Waals surface area (Å²) in [4.78, 5) is 34.9. The van der Waals surface area contributed by atoms with E-state index in [9.17, 15) is 14.4 Å². The van der Waals surface area contributed by atoms with Gasteiger partial charge in [0.2, 0.25) is 11.8 Å². The molecule has 0 unspecified atom stereocenters. The number of methoxy groups -OCH3 is 1. The number of hydrogen-bond acceptors (Lipinski definition) is 4. The second-order valence-electron chi connectivity index (χ2n) is 5.89. The summed E-state index contributed by atoms with van der Waals surface area (Å²) >= 11 is 0. The molecule has 0 heterocycles. The lowest BCUT2D eigenvalue weighted by molar-refractivity contribution is -0.120. The molecule has 0 bridgehead atoms. The number of carbonyl (C=O) groups excluding carboxylic acids is 3. The van der Waals surface area contributed by atoms with E-state index in [4.69, 9.17) is 4.74 Å². The van der Waals surface area contributed by atoms with E-state index in [1.165, 1.54) is 6.92 Å². The Labute approximate surface area is 158 Å². The molecular weight excluding hydrogens is 346 g/mol. The average Bonchev–Trinajstić information content (AvgIpc) is 2.66. The van der Waals surface area contributed by atoms with Crippen LogP contribution in [0.5, 0.6) is 5.75 Å². The molecule has 0 aliphatic rings. The lowest BCUT2D eigenvalue weighted by atomic mass is 10.1. The summed E-state index contributed by atoms with van der Waals surface area (Å²) < 4.78 is 5.08. The van der Waals surface area contributed by atoms with Gasteiger partial charge in [-0.2, -0.15) is 0 Å². The summed E-state index contributed by atoms with van der Waals surface area (Å²) in [6.07, 6.45) is 0.266. The van der Waals surface area contributed by atoms with Crippen LogP contribution < -0.4 is 20.7 Å². The standard InChI is InChI=1S/C20H23N3O4/c1-14(24)23-17-7-5-16(6-8-17)20(26)22-12-11-21-19(25)13-15-3-9-18(27-2)10-4-15/h3-10H,11-13H2,1-2H3,(H,21,25)(H,22,26)(H,23,24). The second kappa shape index (κ2) is 9.96. The van der Waals surface area contributed by atoms with Crippen LogP contribution in [0.1, 0.15) is 22.8 Å². The largest absolute Gasteiger partial charge is 0.497 e. The third-order valence-corrected chi connectivity index (χ3v) is 3.72. The summed E-state index contributed by atoms with van der Waals surface area (Å²) in [5.41, 5.74) is 2.00. The van der Waals surface area contributed by atoms with E-state index in [0.717, 1.165) is 11.3 Å². The van der Waals surface area contributed by atoms with Crippen LogP contribution in [0.2, 0.25) is 0 Å². The first-order valence-electron chi connectivity index (χ1n) is 8.53. The molecule has 0 spiro atoms. The van der Waals surface area contributed by atoms with E-state index in [0.29, 0.717) is 24.3 Å². The Hall–Kier alpha value is -3.35. The van der Waals surface area contributed by atoms with Gasteiger partial charge in [0.15, 0.2) is 0 Å². The number of carbonyl (C=O) groups is 3. The maximum Gasteiger partial charge on any atom is 0.251 e. The number of anilines is 1. The summed E-state index contributed by atoms with van der Waals surface area (Å²) in [7, 11) is 1.59. The van der Waals surface area contributed by atoms with Gasteiger partial charge >= 0.3 is 0 Å². The van der Waals surface area contributed by atoms with E-state index in [-0.39, 0.29) is 24.1 Å². The van der Waals surface area contributed by atoms with Crippen LogP contribution in [-0.4, -0.2) is 37.9 Å². The number of benzene rings is 2. The molecule has 7 heteroatoms. The highest BCUT2D eigenvalue weighted by Crippen LogP contribution is 2.11. The molecule has 0 aliphatic heterocycles. The van der Waals surface area contributed by atoms with Crippen molar-refractivity contribution < 1.29 is 19.1 Å². The van der Waals surface area contributed by atoms with Gasteiger partial charge in [0.05, 0.1) is 13.5 Å². The van der Waals surface area contributed by atoms with Crippen LogP contribution in [0.15, 0.2) is 48.5 Å². The monoisotopic (exact) mass is 369 g/mol. The van der Waals surface area contributed by atoms with Gasteiger partial charge in [0, 0.05) is 31.3 Å². The molecule has 0 atom stereocenters. The molecule has 3 amide bonds. The molecule has 0 radical (unpaired) electrons. The minimum absolute atomic E-state index is 0.117. The summed E-state index contributed by atoms with van der Waals surface area (Å²) in [5, 5.41) is 8.14. The van der Waals surface area contributed by atoms with E-state index in [1.807, 2.05) is 12.1 Å². The predicted octanol–water partition coefficient (Wildman–Crippen LogP) is 1.74.